The molecular formula is C29H30F2N6O. The second kappa shape index (κ2) is 9.79. The summed E-state index contributed by atoms with van der Waals surface area (Å²) in [5.41, 5.74) is 13.1. The molecule has 0 unspecified atom stereocenters. The molecule has 1 saturated carbocycles. The Kier molecular flexibility index (Phi) is 6.31. The van der Waals surface area contributed by atoms with Gasteiger partial charge >= 0.3 is 6.01 Å². The van der Waals surface area contributed by atoms with Gasteiger partial charge in [0.05, 0.1) is 13.2 Å². The van der Waals surface area contributed by atoms with Crippen molar-refractivity contribution in [3.05, 3.63) is 77.1 Å². The first-order valence-corrected chi connectivity index (χ1v) is 13.0. The normalized spacial score (nSPS) is 18.1. The zero-order chi connectivity index (χ0) is 26.3. The molecule has 1 aliphatic carbocycles. The van der Waals surface area contributed by atoms with Crippen molar-refractivity contribution >= 4 is 17.0 Å². The molecule has 2 aromatic heterocycles. The summed E-state index contributed by atoms with van der Waals surface area (Å²) in [7, 11) is 0. The Morgan fingerprint density at radius 2 is 1.89 bits per heavy atom. The highest BCUT2D eigenvalue weighted by molar-refractivity contribution is 5.82. The number of aryl methyl sites for hydroxylation is 1. The van der Waals surface area contributed by atoms with E-state index in [9.17, 15) is 8.78 Å². The summed E-state index contributed by atoms with van der Waals surface area (Å²) in [6, 6.07) is 15.1. The van der Waals surface area contributed by atoms with E-state index in [0.717, 1.165) is 35.4 Å². The Morgan fingerprint density at radius 3 is 2.68 bits per heavy atom. The smallest absolute Gasteiger partial charge is 0.320 e. The molecule has 1 aliphatic heterocycles. The first-order chi connectivity index (χ1) is 18.3. The number of nitrogens with zero attached hydrogens (tertiary/aromatic N) is 4. The van der Waals surface area contributed by atoms with Crippen LogP contribution >= 0.6 is 0 Å². The minimum Gasteiger partial charge on any atom is -0.463 e. The molecule has 0 amide bonds. The summed E-state index contributed by atoms with van der Waals surface area (Å²) in [5.74, 6) is -1.38. The molecule has 6 rings (SSSR count). The quantitative estimate of drug-likeness (QED) is 0.363. The Labute approximate surface area is 219 Å². The fraction of sp³-hybridized carbons (Fsp3) is 0.345. The van der Waals surface area contributed by atoms with Gasteiger partial charge in [-0.2, -0.15) is 9.97 Å². The van der Waals surface area contributed by atoms with Crippen LogP contribution < -0.4 is 15.8 Å². The van der Waals surface area contributed by atoms with Crippen LogP contribution in [-0.4, -0.2) is 38.1 Å². The maximum absolute atomic E-state index is 13.1. The van der Waals surface area contributed by atoms with Crippen LogP contribution in [0.25, 0.3) is 22.3 Å². The van der Waals surface area contributed by atoms with Gasteiger partial charge in [0.1, 0.15) is 5.82 Å². The number of aromatic nitrogens is 4. The number of rotatable bonds is 4. The van der Waals surface area contributed by atoms with E-state index in [0.29, 0.717) is 36.7 Å². The number of nitrogen functional groups attached to an aromatic ring is 1. The van der Waals surface area contributed by atoms with E-state index < -0.39 is 5.92 Å². The van der Waals surface area contributed by atoms with E-state index in [2.05, 4.69) is 74.9 Å². The maximum atomic E-state index is 13.1. The standard InChI is InChI=1S/C29H30F2N6O/c1-18-34-25-26(32)35-28-36-27(25)37(18)17-20-8-11-24(22(13-20)5-3-2-4-12-38-28)21-9-6-19(7-10-21)16-33-23-14-29(30,31)15-23/h2-3,6-11,13,23,33H,4-5,12,14-17H2,1H3,(H2,32,35,36)/b3-2+. The van der Waals surface area contributed by atoms with Crippen molar-refractivity contribution in [3.8, 4) is 17.1 Å². The SMILES string of the molecule is Cc1nc2c(N)nc3nc2n1Cc1ccc(-c2ccc(CNC4CC(F)(F)C4)cc2)c(c1)C/C=C/CCO3. The van der Waals surface area contributed by atoms with Gasteiger partial charge in [0.25, 0.3) is 5.92 Å². The lowest BCUT2D eigenvalue weighted by Gasteiger charge is -2.35. The van der Waals surface area contributed by atoms with Gasteiger partial charge in [-0.05, 0) is 47.6 Å². The van der Waals surface area contributed by atoms with Crippen LogP contribution in [0.3, 0.4) is 0 Å². The molecule has 4 bridgehead atoms. The molecule has 38 heavy (non-hydrogen) atoms. The third kappa shape index (κ3) is 4.98. The average Bonchev–Trinajstić information content (AvgIpc) is 3.19. The minimum atomic E-state index is -2.50. The molecule has 0 atom stereocenters. The number of imidazole rings is 1. The van der Waals surface area contributed by atoms with Gasteiger partial charge in [-0.1, -0.05) is 54.6 Å². The largest absolute Gasteiger partial charge is 0.463 e. The third-order valence-corrected chi connectivity index (χ3v) is 7.27. The molecule has 0 saturated heterocycles. The monoisotopic (exact) mass is 516 g/mol. The number of benzene rings is 2. The van der Waals surface area contributed by atoms with Crippen LogP contribution in [0, 0.1) is 6.92 Å². The zero-order valence-corrected chi connectivity index (χ0v) is 21.3. The summed E-state index contributed by atoms with van der Waals surface area (Å²) in [6.45, 7) is 3.58. The topological polar surface area (TPSA) is 90.9 Å². The molecule has 9 heteroatoms. The van der Waals surface area contributed by atoms with Gasteiger partial charge in [-0.3, -0.25) is 0 Å². The van der Waals surface area contributed by atoms with Crippen molar-refractivity contribution in [1.82, 2.24) is 24.8 Å². The fourth-order valence-corrected chi connectivity index (χ4v) is 5.16. The number of fused-ring (bicyclic) bond motifs is 3. The highest BCUT2D eigenvalue weighted by Crippen LogP contribution is 2.37. The van der Waals surface area contributed by atoms with Gasteiger partial charge in [0.2, 0.25) is 0 Å². The van der Waals surface area contributed by atoms with Gasteiger partial charge < -0.3 is 20.4 Å². The summed E-state index contributed by atoms with van der Waals surface area (Å²) in [5, 5.41) is 3.23. The average molecular weight is 517 g/mol. The Hall–Kier alpha value is -3.85. The van der Waals surface area contributed by atoms with E-state index >= 15 is 0 Å². The van der Waals surface area contributed by atoms with Crippen LogP contribution in [-0.2, 0) is 19.5 Å². The number of alkyl halides is 2. The molecule has 0 radical (unpaired) electrons. The van der Waals surface area contributed by atoms with E-state index in [1.807, 2.05) is 11.5 Å². The predicted octanol–water partition coefficient (Wildman–Crippen LogP) is 5.20. The number of anilines is 1. The lowest BCUT2D eigenvalue weighted by molar-refractivity contribution is -0.0930. The molecule has 196 valence electrons. The number of halogens is 2. The zero-order valence-electron chi connectivity index (χ0n) is 21.3. The Morgan fingerprint density at radius 1 is 1.08 bits per heavy atom. The van der Waals surface area contributed by atoms with E-state index in [-0.39, 0.29) is 24.9 Å². The molecule has 1 fully saturated rings. The third-order valence-electron chi connectivity index (χ3n) is 7.27. The van der Waals surface area contributed by atoms with Crippen molar-refractivity contribution in [1.29, 1.82) is 0 Å². The molecule has 2 aliphatic rings. The molecule has 7 nitrogen and oxygen atoms in total. The van der Waals surface area contributed by atoms with Crippen LogP contribution in [0.2, 0.25) is 0 Å². The second-order valence-corrected chi connectivity index (χ2v) is 10.2. The van der Waals surface area contributed by atoms with Crippen molar-refractivity contribution in [3.63, 3.8) is 0 Å². The molecule has 4 aromatic rings. The number of ether oxygens (including phenoxy) is 1. The number of nitrogens with one attached hydrogen (secondary N) is 1. The van der Waals surface area contributed by atoms with Gasteiger partial charge in [-0.15, -0.1) is 0 Å². The summed E-state index contributed by atoms with van der Waals surface area (Å²) in [4.78, 5) is 13.5. The van der Waals surface area contributed by atoms with E-state index in [1.165, 1.54) is 11.1 Å². The highest BCUT2D eigenvalue weighted by atomic mass is 19.3. The second-order valence-electron chi connectivity index (χ2n) is 10.2. The summed E-state index contributed by atoms with van der Waals surface area (Å²) in [6.07, 6.45) is 5.64. The van der Waals surface area contributed by atoms with E-state index in [1.54, 1.807) is 0 Å². The van der Waals surface area contributed by atoms with Crippen molar-refractivity contribution in [2.24, 2.45) is 0 Å². The lowest BCUT2D eigenvalue weighted by Crippen LogP contribution is -2.48. The number of hydrogen-bond acceptors (Lipinski definition) is 6. The summed E-state index contributed by atoms with van der Waals surface area (Å²) >= 11 is 0. The fourth-order valence-electron chi connectivity index (χ4n) is 5.16. The number of hydrogen-bond donors (Lipinski definition) is 2. The maximum Gasteiger partial charge on any atom is 0.320 e. The van der Waals surface area contributed by atoms with Crippen LogP contribution in [0.4, 0.5) is 14.6 Å². The van der Waals surface area contributed by atoms with Gasteiger partial charge in [0, 0.05) is 25.4 Å². The molecule has 3 heterocycles. The minimum absolute atomic E-state index is 0.0731. The lowest BCUT2D eigenvalue weighted by atomic mass is 9.88. The summed E-state index contributed by atoms with van der Waals surface area (Å²) < 4.78 is 34.0. The highest BCUT2D eigenvalue weighted by Gasteiger charge is 2.44. The molecule has 3 N–H and O–H groups in total. The Bertz CT molecular complexity index is 1500. The van der Waals surface area contributed by atoms with E-state index in [4.69, 9.17) is 10.5 Å². The van der Waals surface area contributed by atoms with Crippen LogP contribution in [0.1, 0.15) is 41.8 Å². The Balaban J connectivity index is 1.28. The molecule has 2 aromatic carbocycles. The molecule has 0 spiro atoms. The van der Waals surface area contributed by atoms with Crippen LogP contribution in [0.5, 0.6) is 6.01 Å². The molecular weight excluding hydrogens is 486 g/mol. The van der Waals surface area contributed by atoms with Crippen molar-refractivity contribution in [2.75, 3.05) is 12.3 Å². The van der Waals surface area contributed by atoms with Crippen molar-refractivity contribution < 1.29 is 13.5 Å². The number of allylic oxidation sites excluding steroid dienone is 1. The predicted molar refractivity (Wildman–Crippen MR) is 143 cm³/mol. The van der Waals surface area contributed by atoms with Crippen molar-refractivity contribution in [2.45, 2.75) is 57.7 Å². The first kappa shape index (κ1) is 24.5. The van der Waals surface area contributed by atoms with Gasteiger partial charge in [0.15, 0.2) is 17.0 Å². The first-order valence-electron chi connectivity index (χ1n) is 13.0. The van der Waals surface area contributed by atoms with Crippen LogP contribution in [0.15, 0.2) is 54.6 Å². The number of nitrogens with two attached hydrogens (primary N) is 1. The van der Waals surface area contributed by atoms with Gasteiger partial charge in [-0.25, -0.2) is 13.8 Å².